The first-order valence-corrected chi connectivity index (χ1v) is 12.7. The summed E-state index contributed by atoms with van der Waals surface area (Å²) in [6, 6.07) is 21.7. The van der Waals surface area contributed by atoms with Gasteiger partial charge in [0.05, 0.1) is 26.0 Å². The van der Waals surface area contributed by atoms with Crippen molar-refractivity contribution in [1.29, 1.82) is 0 Å². The lowest BCUT2D eigenvalue weighted by molar-refractivity contribution is 0.0932. The molecule has 0 bridgehead atoms. The molecule has 0 aliphatic rings. The molecule has 37 heavy (non-hydrogen) atoms. The van der Waals surface area contributed by atoms with Gasteiger partial charge in [0.1, 0.15) is 11.5 Å². The number of aliphatic hydroxyl groups is 1. The quantitative estimate of drug-likeness (QED) is 0.203. The summed E-state index contributed by atoms with van der Waals surface area (Å²) in [5.74, 6) is 1.20. The Morgan fingerprint density at radius 2 is 1.70 bits per heavy atom. The number of aliphatic hydroxyl groups excluding tert-OH is 1. The number of fused-ring (bicyclic) bond motifs is 1. The average Bonchev–Trinajstić information content (AvgIpc) is 3.36. The molecule has 0 saturated heterocycles. The number of hydrogen-bond acceptors (Lipinski definition) is 4. The molecule has 4 aromatic rings. The highest BCUT2D eigenvalue weighted by Crippen LogP contribution is 2.31. The predicted octanol–water partition coefficient (Wildman–Crippen LogP) is 7.03. The summed E-state index contributed by atoms with van der Waals surface area (Å²) in [7, 11) is 0.500. The van der Waals surface area contributed by atoms with Gasteiger partial charge in [-0.25, -0.2) is 0 Å². The Kier molecular flexibility index (Phi) is 10.7. The van der Waals surface area contributed by atoms with Gasteiger partial charge in [0.15, 0.2) is 5.78 Å². The van der Waals surface area contributed by atoms with Gasteiger partial charge < -0.3 is 19.6 Å². The van der Waals surface area contributed by atoms with Crippen LogP contribution >= 0.6 is 0 Å². The highest BCUT2D eigenvalue weighted by molar-refractivity contribution is 6.00. The highest BCUT2D eigenvalue weighted by Gasteiger charge is 2.20. The maximum Gasteiger partial charge on any atom is 0.166 e. The zero-order valence-electron chi connectivity index (χ0n) is 21.8. The van der Waals surface area contributed by atoms with Crippen LogP contribution in [0.3, 0.4) is 0 Å². The van der Waals surface area contributed by atoms with Crippen LogP contribution in [0.1, 0.15) is 42.6 Å². The molecular formula is C31H36FNO4. The first-order chi connectivity index (χ1) is 18.1. The van der Waals surface area contributed by atoms with Crippen LogP contribution in [0.15, 0.2) is 72.9 Å². The van der Waals surface area contributed by atoms with Crippen LogP contribution in [0, 0.1) is 5.92 Å². The van der Waals surface area contributed by atoms with E-state index in [0.29, 0.717) is 38.1 Å². The van der Waals surface area contributed by atoms with Crippen molar-refractivity contribution >= 4 is 16.7 Å². The van der Waals surface area contributed by atoms with Crippen LogP contribution < -0.4 is 9.47 Å². The molecular weight excluding hydrogens is 469 g/mol. The molecule has 6 heteroatoms. The van der Waals surface area contributed by atoms with Crippen molar-refractivity contribution in [2.24, 2.45) is 5.92 Å². The molecule has 196 valence electrons. The molecule has 2 N–H and O–H groups in total. The zero-order valence-corrected chi connectivity index (χ0v) is 21.8. The van der Waals surface area contributed by atoms with Crippen molar-refractivity contribution in [2.75, 3.05) is 27.0 Å². The number of benzene rings is 3. The lowest BCUT2D eigenvalue weighted by Crippen LogP contribution is -2.16. The van der Waals surface area contributed by atoms with Crippen molar-refractivity contribution in [3.63, 3.8) is 0 Å². The zero-order chi connectivity index (χ0) is 26.6. The van der Waals surface area contributed by atoms with Gasteiger partial charge in [0, 0.05) is 30.1 Å². The van der Waals surface area contributed by atoms with E-state index < -0.39 is 0 Å². The fraction of sp³-hybridized carbons (Fsp3) is 0.323. The van der Waals surface area contributed by atoms with Crippen molar-refractivity contribution in [2.45, 2.75) is 33.1 Å². The molecule has 0 aliphatic carbocycles. The summed E-state index contributed by atoms with van der Waals surface area (Å²) in [4.78, 5) is 16.7. The number of alkyl halides is 1. The Labute approximate surface area is 218 Å². The van der Waals surface area contributed by atoms with Crippen LogP contribution in [0.25, 0.3) is 22.0 Å². The number of ketones is 1. The maximum atomic E-state index is 13.4. The molecule has 5 nitrogen and oxygen atoms in total. The molecule has 0 radical (unpaired) electrons. The summed E-state index contributed by atoms with van der Waals surface area (Å²) in [5, 5.41) is 11.2. The number of aromatic amines is 1. The van der Waals surface area contributed by atoms with E-state index in [4.69, 9.17) is 9.47 Å². The Morgan fingerprint density at radius 3 is 2.41 bits per heavy atom. The smallest absolute Gasteiger partial charge is 0.166 e. The summed E-state index contributed by atoms with van der Waals surface area (Å²) in [6.45, 7) is 5.08. The van der Waals surface area contributed by atoms with Crippen LogP contribution in [-0.4, -0.2) is 42.9 Å². The van der Waals surface area contributed by atoms with Gasteiger partial charge >= 0.3 is 0 Å². The summed E-state index contributed by atoms with van der Waals surface area (Å²) in [6.07, 6.45) is 3.79. The molecule has 3 aromatic carbocycles. The number of rotatable bonds is 12. The third-order valence-electron chi connectivity index (χ3n) is 6.16. The van der Waals surface area contributed by atoms with E-state index in [2.05, 4.69) is 18.0 Å². The van der Waals surface area contributed by atoms with Crippen molar-refractivity contribution in [1.82, 2.24) is 4.98 Å². The van der Waals surface area contributed by atoms with Gasteiger partial charge in [-0.3, -0.25) is 9.18 Å². The van der Waals surface area contributed by atoms with Crippen molar-refractivity contribution in [3.05, 3.63) is 84.1 Å². The highest BCUT2D eigenvalue weighted by atomic mass is 19.1. The predicted molar refractivity (Wildman–Crippen MR) is 147 cm³/mol. The fourth-order valence-electron chi connectivity index (χ4n) is 4.36. The first-order valence-electron chi connectivity index (χ1n) is 12.7. The number of hydrogen-bond donors (Lipinski definition) is 2. The number of aromatic nitrogens is 1. The maximum absolute atomic E-state index is 13.4. The average molecular weight is 506 g/mol. The molecule has 0 fully saturated rings. The molecule has 0 saturated carbocycles. The third kappa shape index (κ3) is 7.20. The molecule has 1 unspecified atom stereocenters. The summed E-state index contributed by atoms with van der Waals surface area (Å²) in [5.41, 5.74) is 4.66. The standard InChI is InChI=1S/C30H33NO4.CH3F/c1-3-15-35-25-12-9-22(10-13-25)23-11-14-30(34-4-2)27(18-23)29(33)17-21(20-32)16-24-19-31-28-8-6-5-7-26(24)28;1-2/h5-14,18-19,21,31-32H,3-4,15-17,20H2,1-2H3;1H3. The van der Waals surface area contributed by atoms with E-state index in [1.165, 1.54) is 0 Å². The van der Waals surface area contributed by atoms with Crippen molar-refractivity contribution in [3.8, 4) is 22.6 Å². The number of halogens is 1. The normalized spacial score (nSPS) is 11.5. The number of H-pyrrole nitrogens is 1. The Hall–Kier alpha value is -3.64. The molecule has 1 heterocycles. The minimum Gasteiger partial charge on any atom is -0.494 e. The molecule has 1 atom stereocenters. The number of carbonyl (C=O) groups is 1. The third-order valence-corrected chi connectivity index (χ3v) is 6.16. The number of nitrogens with one attached hydrogen (secondary N) is 1. The molecule has 0 amide bonds. The van der Waals surface area contributed by atoms with Gasteiger partial charge in [-0.15, -0.1) is 0 Å². The van der Waals surface area contributed by atoms with Gasteiger partial charge in [-0.2, -0.15) is 0 Å². The van der Waals surface area contributed by atoms with Gasteiger partial charge in [-0.05, 0) is 72.7 Å². The minimum absolute atomic E-state index is 0.0305. The van der Waals surface area contributed by atoms with E-state index in [1.807, 2.05) is 73.8 Å². The number of para-hydroxylation sites is 1. The summed E-state index contributed by atoms with van der Waals surface area (Å²) >= 11 is 0. The number of Topliss-reactive ketones (excluding diaryl/α,β-unsaturated/α-hetero) is 1. The number of carbonyl (C=O) groups excluding carboxylic acids is 1. The van der Waals surface area contributed by atoms with Gasteiger partial charge in [-0.1, -0.05) is 43.3 Å². The van der Waals surface area contributed by atoms with E-state index in [0.717, 1.165) is 39.8 Å². The molecule has 1 aromatic heterocycles. The van der Waals surface area contributed by atoms with Crippen molar-refractivity contribution < 1.29 is 23.8 Å². The topological polar surface area (TPSA) is 71.6 Å². The Morgan fingerprint density at radius 1 is 0.973 bits per heavy atom. The van der Waals surface area contributed by atoms with Crippen LogP contribution in [-0.2, 0) is 6.42 Å². The lowest BCUT2D eigenvalue weighted by Gasteiger charge is -2.16. The Balaban J connectivity index is 0.00000186. The molecule has 0 aliphatic heterocycles. The van der Waals surface area contributed by atoms with E-state index >= 15 is 0 Å². The first kappa shape index (κ1) is 27.9. The largest absolute Gasteiger partial charge is 0.494 e. The second-order valence-electron chi connectivity index (χ2n) is 8.76. The fourth-order valence-corrected chi connectivity index (χ4v) is 4.36. The minimum atomic E-state index is -0.185. The van der Waals surface area contributed by atoms with E-state index in [9.17, 15) is 14.3 Å². The summed E-state index contributed by atoms with van der Waals surface area (Å²) < 4.78 is 21.0. The Bertz CT molecular complexity index is 1270. The number of ether oxygens (including phenoxy) is 2. The monoisotopic (exact) mass is 505 g/mol. The van der Waals surface area contributed by atoms with E-state index in [1.54, 1.807) is 0 Å². The van der Waals surface area contributed by atoms with Gasteiger partial charge in [0.2, 0.25) is 0 Å². The molecule has 0 spiro atoms. The van der Waals surface area contributed by atoms with Crippen LogP contribution in [0.4, 0.5) is 4.39 Å². The van der Waals surface area contributed by atoms with Crippen LogP contribution in [0.5, 0.6) is 11.5 Å². The molecule has 4 rings (SSSR count). The van der Waals surface area contributed by atoms with Crippen LogP contribution in [0.2, 0.25) is 0 Å². The SMILES string of the molecule is CCCOc1ccc(-c2ccc(OCC)c(C(=O)CC(CO)Cc3c[nH]c4ccccc34)c2)cc1.CF. The van der Waals surface area contributed by atoms with Gasteiger partial charge in [0.25, 0.3) is 0 Å². The second-order valence-corrected chi connectivity index (χ2v) is 8.76. The lowest BCUT2D eigenvalue weighted by atomic mass is 9.91. The second kappa shape index (κ2) is 14.2. The van der Waals surface area contributed by atoms with E-state index in [-0.39, 0.29) is 24.7 Å².